The highest BCUT2D eigenvalue weighted by molar-refractivity contribution is 9.10. The van der Waals surface area contributed by atoms with Crippen molar-refractivity contribution in [1.82, 2.24) is 5.32 Å². The Morgan fingerprint density at radius 1 is 1.40 bits per heavy atom. The number of carbonyl (C=O) groups excluding carboxylic acids is 1. The first-order valence-electron chi connectivity index (χ1n) is 6.59. The van der Waals surface area contributed by atoms with Crippen molar-refractivity contribution in [2.75, 3.05) is 12.4 Å². The summed E-state index contributed by atoms with van der Waals surface area (Å²) in [7, 11) is 1.65. The van der Waals surface area contributed by atoms with Gasteiger partial charge in [-0.2, -0.15) is 0 Å². The monoisotopic (exact) mass is 342 g/mol. The van der Waals surface area contributed by atoms with Crippen LogP contribution in [0.1, 0.15) is 33.3 Å². The van der Waals surface area contributed by atoms with Crippen LogP contribution in [0.4, 0.5) is 5.69 Å². The molecular formula is C15H23BrN2O2. The zero-order valence-corrected chi connectivity index (χ0v) is 14.3. The number of methoxy groups -OCH3 is 1. The third-order valence-corrected chi connectivity index (χ3v) is 3.41. The van der Waals surface area contributed by atoms with Crippen LogP contribution in [-0.4, -0.2) is 24.6 Å². The number of hydrogen-bond acceptors (Lipinski definition) is 3. The molecule has 0 saturated carbocycles. The van der Waals surface area contributed by atoms with Gasteiger partial charge >= 0.3 is 0 Å². The average Bonchev–Trinajstić information content (AvgIpc) is 2.31. The van der Waals surface area contributed by atoms with Crippen LogP contribution in [0.3, 0.4) is 0 Å². The van der Waals surface area contributed by atoms with Gasteiger partial charge in [-0.25, -0.2) is 0 Å². The lowest BCUT2D eigenvalue weighted by Crippen LogP contribution is -2.47. The highest BCUT2D eigenvalue weighted by Crippen LogP contribution is 2.26. The van der Waals surface area contributed by atoms with Gasteiger partial charge in [0.25, 0.3) is 0 Å². The fourth-order valence-corrected chi connectivity index (χ4v) is 2.24. The molecular weight excluding hydrogens is 320 g/mol. The van der Waals surface area contributed by atoms with E-state index in [0.29, 0.717) is 6.61 Å². The average molecular weight is 343 g/mol. The standard InChI is InChI=1S/C15H23BrN2O2/c1-10(14(19)18-15(2,3)4)17-13-8-6-7-12(16)11(13)9-20-5/h6-8,10,17H,9H2,1-5H3,(H,18,19). The lowest BCUT2D eigenvalue weighted by atomic mass is 10.1. The van der Waals surface area contributed by atoms with Gasteiger partial charge in [-0.05, 0) is 39.8 Å². The molecule has 20 heavy (non-hydrogen) atoms. The van der Waals surface area contributed by atoms with Crippen molar-refractivity contribution < 1.29 is 9.53 Å². The van der Waals surface area contributed by atoms with E-state index in [-0.39, 0.29) is 17.5 Å². The number of benzene rings is 1. The maximum Gasteiger partial charge on any atom is 0.242 e. The molecule has 0 aliphatic heterocycles. The largest absolute Gasteiger partial charge is 0.380 e. The second-order valence-electron chi connectivity index (χ2n) is 5.80. The van der Waals surface area contributed by atoms with Crippen LogP contribution >= 0.6 is 15.9 Å². The first-order valence-corrected chi connectivity index (χ1v) is 7.39. The van der Waals surface area contributed by atoms with E-state index in [4.69, 9.17) is 4.74 Å². The summed E-state index contributed by atoms with van der Waals surface area (Å²) in [6, 6.07) is 5.51. The molecule has 1 aromatic rings. The van der Waals surface area contributed by atoms with Gasteiger partial charge < -0.3 is 15.4 Å². The minimum atomic E-state index is -0.320. The maximum absolute atomic E-state index is 12.1. The van der Waals surface area contributed by atoms with Crippen molar-refractivity contribution in [3.63, 3.8) is 0 Å². The summed E-state index contributed by atoms with van der Waals surface area (Å²) < 4.78 is 6.17. The highest BCUT2D eigenvalue weighted by atomic mass is 79.9. The topological polar surface area (TPSA) is 50.4 Å². The molecule has 0 heterocycles. The molecule has 5 heteroatoms. The predicted octanol–water partition coefficient (Wildman–Crippen LogP) is 3.31. The van der Waals surface area contributed by atoms with Crippen molar-refractivity contribution in [2.24, 2.45) is 0 Å². The number of nitrogens with one attached hydrogen (secondary N) is 2. The van der Waals surface area contributed by atoms with Crippen molar-refractivity contribution in [3.05, 3.63) is 28.2 Å². The minimum absolute atomic E-state index is 0.0270. The molecule has 1 rings (SSSR count). The quantitative estimate of drug-likeness (QED) is 0.862. The lowest BCUT2D eigenvalue weighted by Gasteiger charge is -2.25. The van der Waals surface area contributed by atoms with E-state index in [1.54, 1.807) is 7.11 Å². The summed E-state index contributed by atoms with van der Waals surface area (Å²) >= 11 is 3.50. The zero-order valence-electron chi connectivity index (χ0n) is 12.7. The molecule has 0 radical (unpaired) electrons. The molecule has 0 fully saturated rings. The predicted molar refractivity (Wildman–Crippen MR) is 85.8 cm³/mol. The van der Waals surface area contributed by atoms with Crippen LogP contribution in [0.5, 0.6) is 0 Å². The van der Waals surface area contributed by atoms with Crippen molar-refractivity contribution in [2.45, 2.75) is 45.9 Å². The van der Waals surface area contributed by atoms with Gasteiger partial charge in [0.05, 0.1) is 6.61 Å². The van der Waals surface area contributed by atoms with Crippen LogP contribution in [0.15, 0.2) is 22.7 Å². The van der Waals surface area contributed by atoms with Gasteiger partial charge in [-0.3, -0.25) is 4.79 Å². The van der Waals surface area contributed by atoms with Crippen LogP contribution < -0.4 is 10.6 Å². The number of anilines is 1. The molecule has 0 saturated heterocycles. The Bertz CT molecular complexity index is 469. The van der Waals surface area contributed by atoms with E-state index in [1.807, 2.05) is 45.9 Å². The van der Waals surface area contributed by atoms with Crippen LogP contribution in [0.25, 0.3) is 0 Å². The number of amides is 1. The smallest absolute Gasteiger partial charge is 0.242 e. The molecule has 4 nitrogen and oxygen atoms in total. The van der Waals surface area contributed by atoms with Gasteiger partial charge in [-0.1, -0.05) is 22.0 Å². The van der Waals surface area contributed by atoms with E-state index in [0.717, 1.165) is 15.7 Å². The van der Waals surface area contributed by atoms with Crippen molar-refractivity contribution in [3.8, 4) is 0 Å². The van der Waals surface area contributed by atoms with Crippen molar-refractivity contribution >= 4 is 27.5 Å². The van der Waals surface area contributed by atoms with Gasteiger partial charge in [0, 0.05) is 28.4 Å². The first-order chi connectivity index (χ1) is 9.24. The summed E-state index contributed by atoms with van der Waals surface area (Å²) in [6.45, 7) is 8.23. The number of ether oxygens (including phenoxy) is 1. The number of halogens is 1. The van der Waals surface area contributed by atoms with E-state index >= 15 is 0 Å². The Hall–Kier alpha value is -1.07. The maximum atomic E-state index is 12.1. The Morgan fingerprint density at radius 3 is 2.60 bits per heavy atom. The first kappa shape index (κ1) is 17.0. The highest BCUT2D eigenvalue weighted by Gasteiger charge is 2.20. The SMILES string of the molecule is COCc1c(Br)cccc1NC(C)C(=O)NC(C)(C)C. The second kappa shape index (κ2) is 7.09. The molecule has 112 valence electrons. The molecule has 0 aromatic heterocycles. The molecule has 1 amide bonds. The molecule has 0 aliphatic carbocycles. The number of hydrogen-bond donors (Lipinski definition) is 2. The Labute approximate surface area is 129 Å². The fourth-order valence-electron chi connectivity index (χ4n) is 1.76. The summed E-state index contributed by atoms with van der Waals surface area (Å²) in [5, 5.41) is 6.20. The fraction of sp³-hybridized carbons (Fsp3) is 0.533. The van der Waals surface area contributed by atoms with Gasteiger partial charge in [-0.15, -0.1) is 0 Å². The number of rotatable bonds is 5. The number of carbonyl (C=O) groups is 1. The molecule has 1 unspecified atom stereocenters. The summed E-state index contributed by atoms with van der Waals surface area (Å²) in [5.74, 6) is -0.0270. The molecule has 0 bridgehead atoms. The van der Waals surface area contributed by atoms with E-state index in [9.17, 15) is 4.79 Å². The Kier molecular flexibility index (Phi) is 6.02. The Morgan fingerprint density at radius 2 is 2.05 bits per heavy atom. The van der Waals surface area contributed by atoms with Gasteiger partial charge in [0.1, 0.15) is 6.04 Å². The molecule has 0 aliphatic rings. The summed E-state index contributed by atoms with van der Waals surface area (Å²) in [5.41, 5.74) is 1.67. The Balaban J connectivity index is 2.82. The van der Waals surface area contributed by atoms with Crippen LogP contribution in [0, 0.1) is 0 Å². The summed E-state index contributed by atoms with van der Waals surface area (Å²) in [4.78, 5) is 12.1. The third-order valence-electron chi connectivity index (χ3n) is 2.67. The lowest BCUT2D eigenvalue weighted by molar-refractivity contribution is -0.122. The molecule has 1 aromatic carbocycles. The second-order valence-corrected chi connectivity index (χ2v) is 6.66. The molecule has 0 spiro atoms. The summed E-state index contributed by atoms with van der Waals surface area (Å²) in [6.07, 6.45) is 0. The molecule has 2 N–H and O–H groups in total. The van der Waals surface area contributed by atoms with Crippen LogP contribution in [-0.2, 0) is 16.1 Å². The van der Waals surface area contributed by atoms with E-state index in [2.05, 4.69) is 26.6 Å². The van der Waals surface area contributed by atoms with E-state index < -0.39 is 0 Å². The van der Waals surface area contributed by atoms with Crippen molar-refractivity contribution in [1.29, 1.82) is 0 Å². The minimum Gasteiger partial charge on any atom is -0.380 e. The van der Waals surface area contributed by atoms with Gasteiger partial charge in [0.2, 0.25) is 5.91 Å². The molecule has 1 atom stereocenters. The third kappa shape index (κ3) is 5.13. The van der Waals surface area contributed by atoms with Gasteiger partial charge in [0.15, 0.2) is 0 Å². The van der Waals surface area contributed by atoms with Crippen LogP contribution in [0.2, 0.25) is 0 Å². The van der Waals surface area contributed by atoms with E-state index in [1.165, 1.54) is 0 Å². The zero-order chi connectivity index (χ0) is 15.3. The normalized spacial score (nSPS) is 12.9.